The van der Waals surface area contributed by atoms with E-state index in [9.17, 15) is 4.39 Å². The molecule has 1 N–H and O–H groups in total. The van der Waals surface area contributed by atoms with Crippen LogP contribution in [0.3, 0.4) is 0 Å². The largest absolute Gasteiger partial charge is 0.486 e. The minimum atomic E-state index is -0.616. The van der Waals surface area contributed by atoms with Gasteiger partial charge >= 0.3 is 0 Å². The van der Waals surface area contributed by atoms with Crippen LogP contribution in [0.5, 0.6) is 5.75 Å². The Morgan fingerprint density at radius 2 is 1.84 bits per heavy atom. The van der Waals surface area contributed by atoms with Crippen LogP contribution in [0.15, 0.2) is 36.7 Å². The summed E-state index contributed by atoms with van der Waals surface area (Å²) in [6.45, 7) is 6.89. The molecule has 3 aromatic rings. The highest BCUT2D eigenvalue weighted by Gasteiger charge is 2.44. The number of nitrogens with one attached hydrogen (secondary N) is 1. The van der Waals surface area contributed by atoms with Crippen molar-refractivity contribution in [1.29, 1.82) is 0 Å². The first kappa shape index (κ1) is 24.0. The van der Waals surface area contributed by atoms with E-state index in [0.29, 0.717) is 29.5 Å². The summed E-state index contributed by atoms with van der Waals surface area (Å²) in [7, 11) is 2.14. The number of ether oxygens (including phenoxy) is 1. The van der Waals surface area contributed by atoms with Crippen LogP contribution in [0.1, 0.15) is 51.1 Å². The molecule has 3 aliphatic rings. The summed E-state index contributed by atoms with van der Waals surface area (Å²) in [6.07, 6.45) is 7.01. The molecule has 1 aromatic carbocycles. The van der Waals surface area contributed by atoms with Gasteiger partial charge in [-0.15, -0.1) is 0 Å². The lowest BCUT2D eigenvalue weighted by Gasteiger charge is -2.42. The fraction of sp³-hybridized carbons (Fsp3) is 0.464. The average Bonchev–Trinajstić information content (AvgIpc) is 3.21. The standard InChI is InChI=1S/C28H32F2N6O/c1-28(2)9-6-20-16-37-26-21(29)12-18(13-24(26)36(20)28)25-22(30)15-32-27(34-25)33-19-4-5-23(31-14-19)17-7-10-35(3)11-8-17/h4-5,12-15,17,20H,6-11,16H2,1-3H3,(H,32,33,34). The lowest BCUT2D eigenvalue weighted by Crippen LogP contribution is -2.48. The monoisotopic (exact) mass is 506 g/mol. The number of hydrogen-bond donors (Lipinski definition) is 1. The van der Waals surface area contributed by atoms with Crippen molar-refractivity contribution in [3.05, 3.63) is 54.0 Å². The van der Waals surface area contributed by atoms with Crippen LogP contribution in [0, 0.1) is 11.6 Å². The maximum absolute atomic E-state index is 15.2. The Bertz CT molecular complexity index is 1310. The third-order valence-corrected chi connectivity index (χ3v) is 8.01. The lowest BCUT2D eigenvalue weighted by atomic mass is 9.93. The lowest BCUT2D eigenvalue weighted by molar-refractivity contribution is 0.252. The first-order valence-corrected chi connectivity index (χ1v) is 13.0. The fourth-order valence-corrected chi connectivity index (χ4v) is 5.95. The number of anilines is 3. The third kappa shape index (κ3) is 4.50. The molecule has 7 nitrogen and oxygen atoms in total. The van der Waals surface area contributed by atoms with Crippen molar-refractivity contribution in [3.8, 4) is 17.0 Å². The Morgan fingerprint density at radius 3 is 2.59 bits per heavy atom. The van der Waals surface area contributed by atoms with Crippen molar-refractivity contribution < 1.29 is 13.5 Å². The summed E-state index contributed by atoms with van der Waals surface area (Å²) in [5.74, 6) is -0.232. The minimum absolute atomic E-state index is 0.0363. The molecule has 1 atom stereocenters. The molecule has 37 heavy (non-hydrogen) atoms. The minimum Gasteiger partial charge on any atom is -0.486 e. The molecular formula is C28H32F2N6O. The first-order valence-electron chi connectivity index (χ1n) is 13.0. The van der Waals surface area contributed by atoms with Crippen LogP contribution < -0.4 is 15.0 Å². The van der Waals surface area contributed by atoms with E-state index in [4.69, 9.17) is 4.74 Å². The SMILES string of the molecule is CN1CCC(c2ccc(Nc3ncc(F)c(-c4cc(F)c5c(c4)N4C(CCC4(C)C)CO5)n3)cn2)CC1. The normalized spacial score (nSPS) is 21.3. The van der Waals surface area contributed by atoms with E-state index < -0.39 is 11.6 Å². The Morgan fingerprint density at radius 1 is 1.03 bits per heavy atom. The van der Waals surface area contributed by atoms with E-state index in [1.165, 1.54) is 6.07 Å². The smallest absolute Gasteiger partial charge is 0.227 e. The number of aromatic nitrogens is 3. The van der Waals surface area contributed by atoms with E-state index >= 15 is 4.39 Å². The van der Waals surface area contributed by atoms with Gasteiger partial charge in [0.15, 0.2) is 17.4 Å². The van der Waals surface area contributed by atoms with Gasteiger partial charge in [0.05, 0.1) is 29.8 Å². The fourth-order valence-electron chi connectivity index (χ4n) is 5.95. The number of piperidine rings is 1. The molecule has 0 bridgehead atoms. The zero-order valence-electron chi connectivity index (χ0n) is 21.5. The zero-order valence-corrected chi connectivity index (χ0v) is 21.5. The highest BCUT2D eigenvalue weighted by molar-refractivity contribution is 5.74. The van der Waals surface area contributed by atoms with Gasteiger partial charge in [-0.1, -0.05) is 0 Å². The van der Waals surface area contributed by atoms with Crippen molar-refractivity contribution in [2.75, 3.05) is 37.0 Å². The molecule has 0 spiro atoms. The number of halogens is 2. The third-order valence-electron chi connectivity index (χ3n) is 8.01. The van der Waals surface area contributed by atoms with E-state index in [1.54, 1.807) is 12.3 Å². The number of nitrogens with zero attached hydrogens (tertiary/aromatic N) is 5. The Labute approximate surface area is 215 Å². The number of hydrogen-bond acceptors (Lipinski definition) is 7. The number of fused-ring (bicyclic) bond motifs is 3. The quantitative estimate of drug-likeness (QED) is 0.501. The van der Waals surface area contributed by atoms with Crippen molar-refractivity contribution in [2.45, 2.75) is 57.0 Å². The van der Waals surface area contributed by atoms with Crippen LogP contribution in [0.4, 0.5) is 26.1 Å². The molecule has 6 rings (SSSR count). The van der Waals surface area contributed by atoms with Crippen molar-refractivity contribution >= 4 is 17.3 Å². The highest BCUT2D eigenvalue weighted by Crippen LogP contribution is 2.47. The van der Waals surface area contributed by atoms with Gasteiger partial charge < -0.3 is 19.9 Å². The molecule has 2 saturated heterocycles. The van der Waals surface area contributed by atoms with Crippen molar-refractivity contribution in [2.24, 2.45) is 0 Å². The molecule has 2 fully saturated rings. The summed E-state index contributed by atoms with van der Waals surface area (Å²) < 4.78 is 35.9. The highest BCUT2D eigenvalue weighted by atomic mass is 19.1. The zero-order chi connectivity index (χ0) is 25.7. The van der Waals surface area contributed by atoms with Crippen molar-refractivity contribution in [3.63, 3.8) is 0 Å². The van der Waals surface area contributed by atoms with Gasteiger partial charge in [0.25, 0.3) is 0 Å². The van der Waals surface area contributed by atoms with E-state index in [0.717, 1.165) is 50.7 Å². The molecule has 0 amide bonds. The molecular weight excluding hydrogens is 474 g/mol. The number of likely N-dealkylation sites (tertiary alicyclic amines) is 1. The number of rotatable bonds is 4. The number of benzene rings is 1. The molecule has 0 radical (unpaired) electrons. The second-order valence-electron chi connectivity index (χ2n) is 11.1. The summed E-state index contributed by atoms with van der Waals surface area (Å²) in [6, 6.07) is 7.21. The van der Waals surface area contributed by atoms with Gasteiger partial charge in [0.2, 0.25) is 5.95 Å². The molecule has 9 heteroatoms. The summed E-state index contributed by atoms with van der Waals surface area (Å²) in [5.41, 5.74) is 2.68. The topological polar surface area (TPSA) is 66.4 Å². The Balaban J connectivity index is 1.27. The van der Waals surface area contributed by atoms with Gasteiger partial charge in [-0.25, -0.2) is 18.7 Å². The van der Waals surface area contributed by atoms with E-state index in [2.05, 4.69) is 51.0 Å². The second-order valence-corrected chi connectivity index (χ2v) is 11.1. The van der Waals surface area contributed by atoms with Gasteiger partial charge in [-0.3, -0.25) is 4.98 Å². The number of pyridine rings is 1. The van der Waals surface area contributed by atoms with Crippen LogP contribution >= 0.6 is 0 Å². The van der Waals surface area contributed by atoms with E-state index in [-0.39, 0.29) is 29.0 Å². The molecule has 0 aliphatic carbocycles. The van der Waals surface area contributed by atoms with Crippen LogP contribution in [0.25, 0.3) is 11.3 Å². The molecule has 1 unspecified atom stereocenters. The molecule has 194 valence electrons. The van der Waals surface area contributed by atoms with Gasteiger partial charge in [0, 0.05) is 22.7 Å². The Kier molecular flexibility index (Phi) is 5.98. The van der Waals surface area contributed by atoms with Gasteiger partial charge in [-0.2, -0.15) is 0 Å². The predicted molar refractivity (Wildman–Crippen MR) is 139 cm³/mol. The maximum Gasteiger partial charge on any atom is 0.227 e. The average molecular weight is 507 g/mol. The maximum atomic E-state index is 15.2. The van der Waals surface area contributed by atoms with E-state index in [1.807, 2.05) is 12.1 Å². The van der Waals surface area contributed by atoms with Crippen molar-refractivity contribution in [1.82, 2.24) is 19.9 Å². The molecule has 2 aromatic heterocycles. The van der Waals surface area contributed by atoms with Crippen LogP contribution in [0.2, 0.25) is 0 Å². The van der Waals surface area contributed by atoms with Crippen LogP contribution in [-0.2, 0) is 0 Å². The second kappa shape index (κ2) is 9.20. The molecule has 0 saturated carbocycles. The summed E-state index contributed by atoms with van der Waals surface area (Å²) in [4.78, 5) is 17.7. The first-order chi connectivity index (χ1) is 17.8. The summed E-state index contributed by atoms with van der Waals surface area (Å²) in [5, 5.41) is 3.12. The molecule has 3 aliphatic heterocycles. The van der Waals surface area contributed by atoms with Gasteiger partial charge in [-0.05, 0) is 83.9 Å². The predicted octanol–water partition coefficient (Wildman–Crippen LogP) is 5.51. The summed E-state index contributed by atoms with van der Waals surface area (Å²) >= 11 is 0. The van der Waals surface area contributed by atoms with Crippen LogP contribution in [-0.4, -0.2) is 58.2 Å². The van der Waals surface area contributed by atoms with Gasteiger partial charge in [0.1, 0.15) is 12.3 Å². The molecule has 5 heterocycles. The Hall–Kier alpha value is -3.33.